The SMILES string of the molecule is CNC(=O)c1ccccc1Nc1cc(Nc2ccc(N3CCN(CCCCCCNC(=O)COc4cccc5c4C(=O)N(C4CCC(=O)N(C)C4=O)C5=O)CC3)cc2OC)ncc1C(F)(F)F. The molecule has 1 atom stereocenters. The number of anilines is 5. The molecule has 1 aromatic heterocycles. The van der Waals surface area contributed by atoms with E-state index in [0.29, 0.717) is 18.0 Å². The molecule has 17 nitrogen and oxygen atoms in total. The van der Waals surface area contributed by atoms with Gasteiger partial charge in [0.05, 0.1) is 46.4 Å². The molecule has 0 bridgehead atoms. The number of unbranched alkanes of at least 4 members (excludes halogenated alkanes) is 3. The molecule has 0 radical (unpaired) electrons. The van der Waals surface area contributed by atoms with Gasteiger partial charge >= 0.3 is 6.18 Å². The molecule has 3 aromatic carbocycles. The van der Waals surface area contributed by atoms with Gasteiger partial charge in [0.2, 0.25) is 5.91 Å². The van der Waals surface area contributed by atoms with Crippen molar-refractivity contribution >= 4 is 64.0 Å². The van der Waals surface area contributed by atoms with Gasteiger partial charge in [-0.3, -0.25) is 43.5 Å². The highest BCUT2D eigenvalue weighted by atomic mass is 19.4. The summed E-state index contributed by atoms with van der Waals surface area (Å²) in [5.74, 6) is -2.49. The number of piperazine rings is 1. The van der Waals surface area contributed by atoms with Crippen LogP contribution in [0.4, 0.5) is 41.7 Å². The zero-order valence-electron chi connectivity index (χ0n) is 37.3. The lowest BCUT2D eigenvalue weighted by Gasteiger charge is -2.36. The third kappa shape index (κ3) is 10.9. The van der Waals surface area contributed by atoms with Crippen molar-refractivity contribution in [1.82, 2.24) is 30.3 Å². The van der Waals surface area contributed by atoms with Gasteiger partial charge < -0.3 is 35.6 Å². The average molecular weight is 928 g/mol. The first kappa shape index (κ1) is 47.7. The summed E-state index contributed by atoms with van der Waals surface area (Å²) in [6.07, 6.45) is -0.259. The fourth-order valence-corrected chi connectivity index (χ4v) is 8.32. The summed E-state index contributed by atoms with van der Waals surface area (Å²) in [6.45, 7) is 4.28. The Bertz CT molecular complexity index is 2530. The van der Waals surface area contributed by atoms with Crippen LogP contribution in [0.15, 0.2) is 72.9 Å². The largest absolute Gasteiger partial charge is 0.494 e. The summed E-state index contributed by atoms with van der Waals surface area (Å²) in [6, 6.07) is 16.5. The lowest BCUT2D eigenvalue weighted by atomic mass is 10.0. The number of likely N-dealkylation sites (tertiary alicyclic amines) is 1. The van der Waals surface area contributed by atoms with Crippen LogP contribution in [0, 0.1) is 0 Å². The number of fused-ring (bicyclic) bond motifs is 1. The monoisotopic (exact) mass is 927 g/mol. The molecule has 2 saturated heterocycles. The van der Waals surface area contributed by atoms with Crippen molar-refractivity contribution in [3.63, 3.8) is 0 Å². The number of methoxy groups -OCH3 is 1. The second-order valence-corrected chi connectivity index (χ2v) is 16.3. The molecule has 2 fully saturated rings. The van der Waals surface area contributed by atoms with E-state index in [4.69, 9.17) is 9.47 Å². The van der Waals surface area contributed by atoms with Crippen LogP contribution in [0.1, 0.15) is 75.2 Å². The van der Waals surface area contributed by atoms with E-state index in [2.05, 4.69) is 36.1 Å². The van der Waals surface area contributed by atoms with Crippen LogP contribution in [-0.4, -0.2) is 128 Å². The van der Waals surface area contributed by atoms with Crippen LogP contribution >= 0.6 is 0 Å². The Kier molecular flexibility index (Phi) is 14.9. The normalized spacial score (nSPS) is 16.5. The number of piperidine rings is 1. The Labute approximate surface area is 384 Å². The van der Waals surface area contributed by atoms with Crippen molar-refractivity contribution in [3.8, 4) is 11.5 Å². The maximum atomic E-state index is 14.0. The number of benzene rings is 3. The lowest BCUT2D eigenvalue weighted by molar-refractivity contribution is -0.149. The number of alkyl halides is 3. The lowest BCUT2D eigenvalue weighted by Crippen LogP contribution is -2.54. The van der Waals surface area contributed by atoms with Gasteiger partial charge in [0.15, 0.2) is 6.61 Å². The summed E-state index contributed by atoms with van der Waals surface area (Å²) < 4.78 is 53.5. The highest BCUT2D eigenvalue weighted by Crippen LogP contribution is 2.39. The molecule has 6 amide bonds. The first-order chi connectivity index (χ1) is 32.2. The minimum atomic E-state index is -4.71. The first-order valence-electron chi connectivity index (χ1n) is 22.0. The summed E-state index contributed by atoms with van der Waals surface area (Å²) in [5, 5.41) is 11.2. The zero-order valence-corrected chi connectivity index (χ0v) is 37.3. The van der Waals surface area contributed by atoms with Gasteiger partial charge in [-0.2, -0.15) is 13.2 Å². The number of carbonyl (C=O) groups excluding carboxylic acids is 6. The molecule has 0 saturated carbocycles. The van der Waals surface area contributed by atoms with E-state index >= 15 is 0 Å². The predicted molar refractivity (Wildman–Crippen MR) is 242 cm³/mol. The average Bonchev–Trinajstić information content (AvgIpc) is 3.58. The van der Waals surface area contributed by atoms with E-state index in [9.17, 15) is 41.9 Å². The minimum Gasteiger partial charge on any atom is -0.494 e. The number of pyridine rings is 1. The van der Waals surface area contributed by atoms with Crippen LogP contribution in [-0.2, 0) is 20.6 Å². The number of imide groups is 2. The fourth-order valence-electron chi connectivity index (χ4n) is 8.32. The molecule has 4 aromatic rings. The Morgan fingerprint density at radius 1 is 0.836 bits per heavy atom. The maximum absolute atomic E-state index is 14.0. The van der Waals surface area contributed by atoms with Gasteiger partial charge in [0.1, 0.15) is 23.4 Å². The van der Waals surface area contributed by atoms with Gasteiger partial charge in [-0.25, -0.2) is 4.98 Å². The van der Waals surface area contributed by atoms with Crippen molar-refractivity contribution in [1.29, 1.82) is 0 Å². The molecule has 3 aliphatic heterocycles. The Morgan fingerprint density at radius 2 is 1.60 bits per heavy atom. The smallest absolute Gasteiger partial charge is 0.419 e. The summed E-state index contributed by atoms with van der Waals surface area (Å²) in [4.78, 5) is 86.8. The molecule has 67 heavy (non-hydrogen) atoms. The van der Waals surface area contributed by atoms with Crippen molar-refractivity contribution in [2.75, 3.05) is 82.6 Å². The molecular formula is C47H52F3N9O8. The molecule has 4 heterocycles. The standard InChI is InChI=1S/C47H52F3N9O8/c1-51-43(62)30-11-6-7-13-33(30)54-35-26-39(53-27-32(35)47(48,49)50)55-34-16-15-29(25-38(34)66-3)58-23-21-57(22-24-58)20-9-5-4-8-19-52-40(60)28-67-37-14-10-12-31-42(37)46(65)59(44(31)63)36-17-18-41(61)56(2)45(36)64/h6-7,10-16,25-27,36H,4-5,8-9,17-24,28H2,1-3H3,(H,51,62)(H,52,60)(H2,53,54,55). The second kappa shape index (κ2) is 21.0. The summed E-state index contributed by atoms with van der Waals surface area (Å²) in [5.41, 5.74) is 0.613. The van der Waals surface area contributed by atoms with E-state index in [0.717, 1.165) is 80.1 Å². The molecule has 354 valence electrons. The Balaban J connectivity index is 0.821. The highest BCUT2D eigenvalue weighted by Gasteiger charge is 2.47. The van der Waals surface area contributed by atoms with Crippen LogP contribution in [0.25, 0.3) is 0 Å². The Hall–Kier alpha value is -7.22. The maximum Gasteiger partial charge on any atom is 0.419 e. The topological polar surface area (TPSA) is 195 Å². The number of amides is 6. The number of nitrogens with zero attached hydrogens (tertiary/aromatic N) is 5. The molecule has 7 rings (SSSR count). The van der Waals surface area contributed by atoms with Crippen molar-refractivity contribution in [2.24, 2.45) is 0 Å². The van der Waals surface area contributed by atoms with Gasteiger partial charge in [-0.1, -0.05) is 31.0 Å². The van der Waals surface area contributed by atoms with Gasteiger partial charge in [0.25, 0.3) is 29.5 Å². The van der Waals surface area contributed by atoms with Crippen LogP contribution in [0.2, 0.25) is 0 Å². The van der Waals surface area contributed by atoms with Crippen molar-refractivity contribution < 1.29 is 51.4 Å². The third-order valence-corrected chi connectivity index (χ3v) is 12.0. The van der Waals surface area contributed by atoms with E-state index in [1.807, 2.05) is 12.1 Å². The van der Waals surface area contributed by atoms with Gasteiger partial charge in [-0.15, -0.1) is 0 Å². The predicted octanol–water partition coefficient (Wildman–Crippen LogP) is 5.58. The van der Waals surface area contributed by atoms with Gasteiger partial charge in [0, 0.05) is 77.3 Å². The van der Waals surface area contributed by atoms with Crippen LogP contribution < -0.4 is 35.6 Å². The van der Waals surface area contributed by atoms with Crippen molar-refractivity contribution in [3.05, 3.63) is 95.2 Å². The Morgan fingerprint density at radius 3 is 2.34 bits per heavy atom. The second-order valence-electron chi connectivity index (χ2n) is 16.3. The highest BCUT2D eigenvalue weighted by molar-refractivity contribution is 6.24. The minimum absolute atomic E-state index is 0.00915. The number of ether oxygens (including phenoxy) is 2. The van der Waals surface area contributed by atoms with E-state index < -0.39 is 41.4 Å². The van der Waals surface area contributed by atoms with Crippen molar-refractivity contribution in [2.45, 2.75) is 50.7 Å². The quantitative estimate of drug-likeness (QED) is 0.0715. The van der Waals surface area contributed by atoms with Gasteiger partial charge in [-0.05, 0) is 62.2 Å². The number of nitrogens with one attached hydrogen (secondary N) is 4. The van der Waals surface area contributed by atoms with E-state index in [1.54, 1.807) is 24.3 Å². The number of likely N-dealkylation sites (N-methyl/N-ethyl adjacent to an activating group) is 1. The summed E-state index contributed by atoms with van der Waals surface area (Å²) >= 11 is 0. The molecule has 3 aliphatic rings. The van der Waals surface area contributed by atoms with E-state index in [-0.39, 0.29) is 70.9 Å². The number of para-hydroxylation sites is 1. The molecule has 4 N–H and O–H groups in total. The molecule has 20 heteroatoms. The van der Waals surface area contributed by atoms with Crippen LogP contribution in [0.3, 0.4) is 0 Å². The third-order valence-electron chi connectivity index (χ3n) is 12.0. The number of halogens is 3. The first-order valence-corrected chi connectivity index (χ1v) is 22.0. The molecular weight excluding hydrogens is 876 g/mol. The number of rotatable bonds is 18. The van der Waals surface area contributed by atoms with E-state index in [1.165, 1.54) is 51.5 Å². The molecule has 1 unspecified atom stereocenters. The molecule has 0 spiro atoms. The zero-order chi connectivity index (χ0) is 47.8. The number of hydrogen-bond acceptors (Lipinski definition) is 13. The van der Waals surface area contributed by atoms with Crippen LogP contribution in [0.5, 0.6) is 11.5 Å². The number of hydrogen-bond donors (Lipinski definition) is 4. The number of aromatic nitrogens is 1. The summed E-state index contributed by atoms with van der Waals surface area (Å²) in [7, 11) is 4.28. The fraction of sp³-hybridized carbons (Fsp3) is 0.383. The number of carbonyl (C=O) groups is 6. The molecule has 0 aliphatic carbocycles.